The smallest absolute Gasteiger partial charge is 0.328 e. The number of aliphatic hydroxyl groups excluding tert-OH is 1. The third-order valence-electron chi connectivity index (χ3n) is 3.59. The molecular weight excluding hydrogens is 314 g/mol. The average Bonchev–Trinajstić information content (AvgIpc) is 2.74. The fourth-order valence-corrected chi connectivity index (χ4v) is 2.81. The van der Waals surface area contributed by atoms with Crippen LogP contribution >= 0.6 is 15.9 Å². The highest BCUT2D eigenvalue weighted by Gasteiger charge is 2.32. The van der Waals surface area contributed by atoms with Gasteiger partial charge in [-0.25, -0.2) is 4.79 Å². The Hall–Kier alpha value is -1.18. The van der Waals surface area contributed by atoms with Crippen LogP contribution in [0.4, 0.5) is 0 Å². The molecule has 2 rings (SSSR count). The SMILES string of the molecule is NC1C[C@H](n2cc(C=CBr)c(=O)[nH]c2=O)C[C@@H]1CO. The third kappa shape index (κ3) is 2.88. The summed E-state index contributed by atoms with van der Waals surface area (Å²) < 4.78 is 1.50. The molecule has 1 saturated carbocycles. The van der Waals surface area contributed by atoms with Crippen LogP contribution in [0.5, 0.6) is 0 Å². The summed E-state index contributed by atoms with van der Waals surface area (Å²) in [6.45, 7) is 0.0178. The molecule has 1 heterocycles. The quantitative estimate of drug-likeness (QED) is 0.735. The molecule has 0 saturated heterocycles. The topological polar surface area (TPSA) is 101 Å². The molecule has 19 heavy (non-hydrogen) atoms. The molecule has 1 aliphatic carbocycles. The van der Waals surface area contributed by atoms with Crippen LogP contribution in [0.3, 0.4) is 0 Å². The van der Waals surface area contributed by atoms with Gasteiger partial charge in [0.1, 0.15) is 0 Å². The van der Waals surface area contributed by atoms with Crippen LogP contribution in [0.1, 0.15) is 24.4 Å². The van der Waals surface area contributed by atoms with Crippen molar-refractivity contribution in [2.24, 2.45) is 11.7 Å². The van der Waals surface area contributed by atoms with E-state index in [0.29, 0.717) is 18.4 Å². The molecule has 1 aromatic rings. The first kappa shape index (κ1) is 14.2. The van der Waals surface area contributed by atoms with Crippen molar-refractivity contribution in [2.45, 2.75) is 24.9 Å². The second-order valence-electron chi connectivity index (χ2n) is 4.78. The Morgan fingerprint density at radius 3 is 2.84 bits per heavy atom. The minimum Gasteiger partial charge on any atom is -0.396 e. The average molecular weight is 330 g/mol. The lowest BCUT2D eigenvalue weighted by atomic mass is 10.1. The number of hydrogen-bond acceptors (Lipinski definition) is 4. The van der Waals surface area contributed by atoms with E-state index < -0.39 is 11.2 Å². The fraction of sp³-hybridized carbons (Fsp3) is 0.500. The van der Waals surface area contributed by atoms with E-state index in [0.717, 1.165) is 0 Å². The molecule has 6 nitrogen and oxygen atoms in total. The number of hydrogen-bond donors (Lipinski definition) is 3. The van der Waals surface area contributed by atoms with Gasteiger partial charge in [0, 0.05) is 24.9 Å². The van der Waals surface area contributed by atoms with Gasteiger partial charge in [-0.3, -0.25) is 14.3 Å². The molecule has 1 aromatic heterocycles. The molecule has 0 bridgehead atoms. The number of halogens is 1. The standard InChI is InChI=1S/C12H16BrN3O3/c13-2-1-7-5-16(12(19)15-11(7)18)9-3-8(6-17)10(14)4-9/h1-2,5,8-10,17H,3-4,6,14H2,(H,15,18,19)/t8-,9-,10?/m1/s1. The van der Waals surface area contributed by atoms with Gasteiger partial charge in [0.2, 0.25) is 0 Å². The van der Waals surface area contributed by atoms with Crippen molar-refractivity contribution < 1.29 is 5.11 Å². The summed E-state index contributed by atoms with van der Waals surface area (Å²) >= 11 is 3.10. The van der Waals surface area contributed by atoms with E-state index in [9.17, 15) is 14.7 Å². The molecule has 0 aliphatic heterocycles. The van der Waals surface area contributed by atoms with Gasteiger partial charge in [-0.1, -0.05) is 15.9 Å². The van der Waals surface area contributed by atoms with Crippen LogP contribution in [0.2, 0.25) is 0 Å². The molecule has 0 amide bonds. The number of aromatic amines is 1. The predicted octanol–water partition coefficient (Wildman–Crippen LogP) is 0.173. The van der Waals surface area contributed by atoms with Crippen molar-refractivity contribution in [2.75, 3.05) is 6.61 Å². The normalized spacial score (nSPS) is 27.2. The lowest BCUT2D eigenvalue weighted by molar-refractivity contribution is 0.215. The molecular formula is C12H16BrN3O3. The second-order valence-corrected chi connectivity index (χ2v) is 5.30. The fourth-order valence-electron chi connectivity index (χ4n) is 2.52. The van der Waals surface area contributed by atoms with E-state index >= 15 is 0 Å². The molecule has 0 spiro atoms. The van der Waals surface area contributed by atoms with Crippen LogP contribution in [0, 0.1) is 5.92 Å². The van der Waals surface area contributed by atoms with Crippen molar-refractivity contribution in [3.05, 3.63) is 37.6 Å². The van der Waals surface area contributed by atoms with Crippen LogP contribution < -0.4 is 17.0 Å². The number of nitrogens with one attached hydrogen (secondary N) is 1. The number of nitrogens with two attached hydrogens (primary N) is 1. The summed E-state index contributed by atoms with van der Waals surface area (Å²) in [7, 11) is 0. The Labute approximate surface area is 118 Å². The van der Waals surface area contributed by atoms with Crippen molar-refractivity contribution in [3.8, 4) is 0 Å². The summed E-state index contributed by atoms with van der Waals surface area (Å²) in [5, 5.41) is 9.21. The van der Waals surface area contributed by atoms with Crippen LogP contribution in [-0.2, 0) is 0 Å². The molecule has 1 unspecified atom stereocenters. The van der Waals surface area contributed by atoms with Crippen LogP contribution in [-0.4, -0.2) is 27.3 Å². The van der Waals surface area contributed by atoms with Crippen molar-refractivity contribution in [1.29, 1.82) is 0 Å². The monoisotopic (exact) mass is 329 g/mol. The van der Waals surface area contributed by atoms with E-state index in [-0.39, 0.29) is 24.6 Å². The van der Waals surface area contributed by atoms with E-state index in [2.05, 4.69) is 20.9 Å². The van der Waals surface area contributed by atoms with E-state index in [1.807, 2.05) is 0 Å². The maximum Gasteiger partial charge on any atom is 0.328 e. The maximum atomic E-state index is 11.9. The molecule has 0 aromatic carbocycles. The Kier molecular flexibility index (Phi) is 4.38. The Morgan fingerprint density at radius 1 is 1.53 bits per heavy atom. The van der Waals surface area contributed by atoms with Crippen LogP contribution in [0.15, 0.2) is 20.8 Å². The van der Waals surface area contributed by atoms with E-state index in [4.69, 9.17) is 5.73 Å². The third-order valence-corrected chi connectivity index (χ3v) is 3.85. The zero-order valence-corrected chi connectivity index (χ0v) is 11.8. The summed E-state index contributed by atoms with van der Waals surface area (Å²) in [4.78, 5) is 27.3. The number of H-pyrrole nitrogens is 1. The number of nitrogens with zero attached hydrogens (tertiary/aromatic N) is 1. The first-order valence-electron chi connectivity index (χ1n) is 6.05. The lowest BCUT2D eigenvalue weighted by Crippen LogP contribution is -2.33. The van der Waals surface area contributed by atoms with Gasteiger partial charge >= 0.3 is 5.69 Å². The van der Waals surface area contributed by atoms with Crippen molar-refractivity contribution in [1.82, 2.24) is 9.55 Å². The Bertz CT molecular complexity index is 593. The minimum atomic E-state index is -0.437. The summed E-state index contributed by atoms with van der Waals surface area (Å²) in [6, 6.07) is -0.206. The Morgan fingerprint density at radius 2 is 2.26 bits per heavy atom. The van der Waals surface area contributed by atoms with Crippen molar-refractivity contribution in [3.63, 3.8) is 0 Å². The molecule has 0 radical (unpaired) electrons. The molecule has 7 heteroatoms. The summed E-state index contributed by atoms with van der Waals surface area (Å²) in [6.07, 6.45) is 4.37. The second kappa shape index (κ2) is 5.85. The highest BCUT2D eigenvalue weighted by Crippen LogP contribution is 2.32. The number of rotatable bonds is 3. The highest BCUT2D eigenvalue weighted by atomic mass is 79.9. The van der Waals surface area contributed by atoms with Crippen LogP contribution in [0.25, 0.3) is 6.08 Å². The van der Waals surface area contributed by atoms with E-state index in [1.165, 1.54) is 10.8 Å². The first-order valence-corrected chi connectivity index (χ1v) is 6.97. The zero-order valence-electron chi connectivity index (χ0n) is 10.3. The molecule has 3 atom stereocenters. The lowest BCUT2D eigenvalue weighted by Gasteiger charge is -2.13. The largest absolute Gasteiger partial charge is 0.396 e. The highest BCUT2D eigenvalue weighted by molar-refractivity contribution is 9.11. The maximum absolute atomic E-state index is 11.9. The molecule has 104 valence electrons. The van der Waals surface area contributed by atoms with Gasteiger partial charge in [-0.15, -0.1) is 0 Å². The Balaban J connectivity index is 2.38. The van der Waals surface area contributed by atoms with E-state index in [1.54, 1.807) is 11.1 Å². The molecule has 1 fully saturated rings. The van der Waals surface area contributed by atoms with Gasteiger partial charge < -0.3 is 10.8 Å². The first-order chi connectivity index (χ1) is 9.06. The van der Waals surface area contributed by atoms with Gasteiger partial charge in [-0.2, -0.15) is 0 Å². The van der Waals surface area contributed by atoms with Gasteiger partial charge in [-0.05, 0) is 29.8 Å². The van der Waals surface area contributed by atoms with Gasteiger partial charge in [0.25, 0.3) is 5.56 Å². The molecule has 4 N–H and O–H groups in total. The predicted molar refractivity (Wildman–Crippen MR) is 76.1 cm³/mol. The van der Waals surface area contributed by atoms with Gasteiger partial charge in [0.15, 0.2) is 0 Å². The van der Waals surface area contributed by atoms with Gasteiger partial charge in [0.05, 0.1) is 5.56 Å². The summed E-state index contributed by atoms with van der Waals surface area (Å²) in [5.74, 6) is -0.000930. The zero-order chi connectivity index (χ0) is 14.0. The van der Waals surface area contributed by atoms with Crippen molar-refractivity contribution >= 4 is 22.0 Å². The number of aliphatic hydroxyl groups is 1. The number of aromatic nitrogens is 2. The molecule has 1 aliphatic rings. The minimum absolute atomic E-state index is 0.000930. The summed E-state index contributed by atoms with van der Waals surface area (Å²) in [5.41, 5.74) is 5.47.